The highest BCUT2D eigenvalue weighted by Crippen LogP contribution is 2.23. The Morgan fingerprint density at radius 3 is 2.62 bits per heavy atom. The van der Waals surface area contributed by atoms with E-state index in [-0.39, 0.29) is 36.4 Å². The maximum atomic E-state index is 14.2. The molecule has 0 saturated carbocycles. The normalized spacial score (nSPS) is 12.1. The molecule has 1 rings (SSSR count). The molecule has 8 heteroatoms. The van der Waals surface area contributed by atoms with Crippen LogP contribution in [0.2, 0.25) is 5.02 Å². The van der Waals surface area contributed by atoms with Gasteiger partial charge in [0.1, 0.15) is 10.7 Å². The molecule has 120 valence electrons. The van der Waals surface area contributed by atoms with Gasteiger partial charge in [0.15, 0.2) is 0 Å². The van der Waals surface area contributed by atoms with Crippen LogP contribution in [-0.4, -0.2) is 34.7 Å². The second-order valence-electron chi connectivity index (χ2n) is 4.72. The highest BCUT2D eigenvalue weighted by molar-refractivity contribution is 7.89. The first-order valence-electron chi connectivity index (χ1n) is 6.51. The van der Waals surface area contributed by atoms with Gasteiger partial charge in [0.05, 0.1) is 12.7 Å². The Balaban J connectivity index is 2.92. The number of benzene rings is 1. The summed E-state index contributed by atoms with van der Waals surface area (Å²) >= 11 is 5.86. The predicted octanol–water partition coefficient (Wildman–Crippen LogP) is 1.90. The van der Waals surface area contributed by atoms with Gasteiger partial charge in [-0.3, -0.25) is 0 Å². The minimum absolute atomic E-state index is 0.000332. The molecule has 5 nitrogen and oxygen atoms in total. The summed E-state index contributed by atoms with van der Waals surface area (Å²) in [5, 5.41) is 2.93. The Labute approximate surface area is 129 Å². The molecule has 1 aromatic rings. The first-order valence-corrected chi connectivity index (χ1v) is 8.38. The summed E-state index contributed by atoms with van der Waals surface area (Å²) in [6.45, 7) is 4.14. The van der Waals surface area contributed by atoms with E-state index in [0.717, 1.165) is 6.07 Å². The van der Waals surface area contributed by atoms with Crippen LogP contribution >= 0.6 is 11.6 Å². The van der Waals surface area contributed by atoms with Crippen LogP contribution in [0.5, 0.6) is 0 Å². The number of ether oxygens (including phenoxy) is 1. The van der Waals surface area contributed by atoms with Crippen LogP contribution in [0, 0.1) is 5.82 Å². The smallest absolute Gasteiger partial charge is 0.243 e. The average molecular weight is 339 g/mol. The van der Waals surface area contributed by atoms with E-state index < -0.39 is 20.7 Å². The van der Waals surface area contributed by atoms with Gasteiger partial charge in [-0.05, 0) is 33.0 Å². The molecule has 0 radical (unpaired) electrons. The van der Waals surface area contributed by atoms with E-state index >= 15 is 0 Å². The molecule has 0 aliphatic heterocycles. The first kappa shape index (κ1) is 18.3. The second-order valence-corrected chi connectivity index (χ2v) is 6.90. The number of sulfonamides is 1. The molecule has 2 N–H and O–H groups in total. The Hall–Kier alpha value is -0.730. The van der Waals surface area contributed by atoms with Crippen molar-refractivity contribution in [1.82, 2.24) is 10.0 Å². The predicted molar refractivity (Wildman–Crippen MR) is 80.5 cm³/mol. The number of halogens is 2. The zero-order valence-corrected chi connectivity index (χ0v) is 13.8. The average Bonchev–Trinajstić information content (AvgIpc) is 2.38. The molecule has 0 heterocycles. The molecule has 0 aliphatic carbocycles. The van der Waals surface area contributed by atoms with E-state index in [9.17, 15) is 12.8 Å². The Morgan fingerprint density at radius 2 is 2.05 bits per heavy atom. The SMILES string of the molecule is CNCc1cc(Cl)cc(S(=O)(=O)NCCOC(C)C)c1F. The van der Waals surface area contributed by atoms with Gasteiger partial charge < -0.3 is 10.1 Å². The summed E-state index contributed by atoms with van der Waals surface area (Å²) in [5.41, 5.74) is 0.198. The van der Waals surface area contributed by atoms with E-state index in [1.54, 1.807) is 7.05 Å². The van der Waals surface area contributed by atoms with Crippen molar-refractivity contribution in [3.05, 3.63) is 28.5 Å². The zero-order chi connectivity index (χ0) is 16.0. The van der Waals surface area contributed by atoms with Crippen LogP contribution in [0.4, 0.5) is 4.39 Å². The fraction of sp³-hybridized carbons (Fsp3) is 0.538. The van der Waals surface area contributed by atoms with Crippen LogP contribution < -0.4 is 10.0 Å². The molecule has 0 fully saturated rings. The minimum atomic E-state index is -3.97. The fourth-order valence-electron chi connectivity index (χ4n) is 1.68. The number of nitrogens with one attached hydrogen (secondary N) is 2. The van der Waals surface area contributed by atoms with Crippen LogP contribution in [0.3, 0.4) is 0 Å². The molecule has 0 amide bonds. The van der Waals surface area contributed by atoms with Crippen LogP contribution in [0.15, 0.2) is 17.0 Å². The molecular formula is C13H20ClFN2O3S. The molecule has 0 spiro atoms. The standard InChI is InChI=1S/C13H20ClFN2O3S/c1-9(2)20-5-4-17-21(18,19)12-7-11(14)6-10(8-16-3)13(12)15/h6-7,9,16-17H,4-5,8H2,1-3H3. The lowest BCUT2D eigenvalue weighted by Crippen LogP contribution is -2.29. The highest BCUT2D eigenvalue weighted by Gasteiger charge is 2.22. The summed E-state index contributed by atoms with van der Waals surface area (Å²) in [4.78, 5) is -0.454. The van der Waals surface area contributed by atoms with Crippen LogP contribution in [-0.2, 0) is 21.3 Å². The van der Waals surface area contributed by atoms with E-state index in [1.165, 1.54) is 6.07 Å². The quantitative estimate of drug-likeness (QED) is 0.710. The van der Waals surface area contributed by atoms with Gasteiger partial charge in [0, 0.05) is 23.7 Å². The molecule has 0 aliphatic rings. The summed E-state index contributed by atoms with van der Waals surface area (Å²) in [6, 6.07) is 2.50. The van der Waals surface area contributed by atoms with Crippen molar-refractivity contribution in [2.75, 3.05) is 20.2 Å². The van der Waals surface area contributed by atoms with Gasteiger partial charge >= 0.3 is 0 Å². The maximum absolute atomic E-state index is 14.2. The minimum Gasteiger partial charge on any atom is -0.377 e. The highest BCUT2D eigenvalue weighted by atomic mass is 35.5. The molecule has 0 bridgehead atoms. The lowest BCUT2D eigenvalue weighted by Gasteiger charge is -2.12. The topological polar surface area (TPSA) is 67.4 Å². The van der Waals surface area contributed by atoms with E-state index in [0.29, 0.717) is 0 Å². The number of rotatable bonds is 8. The third-order valence-corrected chi connectivity index (χ3v) is 4.26. The third-order valence-electron chi connectivity index (χ3n) is 2.58. The molecule has 0 atom stereocenters. The summed E-state index contributed by atoms with van der Waals surface area (Å²) in [7, 11) is -2.33. The van der Waals surface area contributed by atoms with Gasteiger partial charge in [-0.1, -0.05) is 11.6 Å². The van der Waals surface area contributed by atoms with Crippen molar-refractivity contribution in [2.24, 2.45) is 0 Å². The molecule has 0 unspecified atom stereocenters. The van der Waals surface area contributed by atoms with Gasteiger partial charge in [-0.15, -0.1) is 0 Å². The van der Waals surface area contributed by atoms with Crippen LogP contribution in [0.25, 0.3) is 0 Å². The van der Waals surface area contributed by atoms with Crippen molar-refractivity contribution in [3.8, 4) is 0 Å². The maximum Gasteiger partial charge on any atom is 0.243 e. The monoisotopic (exact) mass is 338 g/mol. The van der Waals surface area contributed by atoms with Crippen molar-refractivity contribution in [2.45, 2.75) is 31.4 Å². The Bertz CT molecular complexity index is 579. The van der Waals surface area contributed by atoms with Gasteiger partial charge in [0.25, 0.3) is 0 Å². The molecule has 1 aromatic carbocycles. The second kappa shape index (κ2) is 8.05. The van der Waals surface area contributed by atoms with Gasteiger partial charge in [0.2, 0.25) is 10.0 Å². The lowest BCUT2D eigenvalue weighted by molar-refractivity contribution is 0.0834. The third kappa shape index (κ3) is 5.52. The fourth-order valence-corrected chi connectivity index (χ4v) is 3.14. The number of hydrogen-bond donors (Lipinski definition) is 2. The molecular weight excluding hydrogens is 319 g/mol. The van der Waals surface area contributed by atoms with Crippen molar-refractivity contribution >= 4 is 21.6 Å². The largest absolute Gasteiger partial charge is 0.377 e. The van der Waals surface area contributed by atoms with Crippen LogP contribution in [0.1, 0.15) is 19.4 Å². The van der Waals surface area contributed by atoms with Crippen molar-refractivity contribution < 1.29 is 17.5 Å². The van der Waals surface area contributed by atoms with E-state index in [1.807, 2.05) is 13.8 Å². The number of hydrogen-bond acceptors (Lipinski definition) is 4. The lowest BCUT2D eigenvalue weighted by atomic mass is 10.2. The molecule has 0 saturated heterocycles. The van der Waals surface area contributed by atoms with Gasteiger partial charge in [-0.2, -0.15) is 0 Å². The van der Waals surface area contributed by atoms with E-state index in [2.05, 4.69) is 10.0 Å². The summed E-state index contributed by atoms with van der Waals surface area (Å²) in [5.74, 6) is -0.800. The van der Waals surface area contributed by atoms with Crippen molar-refractivity contribution in [1.29, 1.82) is 0 Å². The Morgan fingerprint density at radius 1 is 1.38 bits per heavy atom. The Kier molecular flexibility index (Phi) is 7.02. The van der Waals surface area contributed by atoms with Crippen molar-refractivity contribution in [3.63, 3.8) is 0 Å². The summed E-state index contributed by atoms with van der Waals surface area (Å²) < 4.78 is 46.0. The molecule has 0 aromatic heterocycles. The van der Waals surface area contributed by atoms with E-state index in [4.69, 9.17) is 16.3 Å². The molecule has 21 heavy (non-hydrogen) atoms. The zero-order valence-electron chi connectivity index (χ0n) is 12.2. The van der Waals surface area contributed by atoms with Gasteiger partial charge in [-0.25, -0.2) is 17.5 Å². The summed E-state index contributed by atoms with van der Waals surface area (Å²) in [6.07, 6.45) is -0.000332. The first-order chi connectivity index (χ1) is 9.77.